The Kier molecular flexibility index (Phi) is 8.40. The molecule has 0 saturated carbocycles. The molecule has 10 heteroatoms. The first-order valence-electron chi connectivity index (χ1n) is 9.03. The Morgan fingerprint density at radius 2 is 1.64 bits per heavy atom. The van der Waals surface area contributed by atoms with Gasteiger partial charge in [0.1, 0.15) is 5.01 Å². The van der Waals surface area contributed by atoms with E-state index in [1.54, 1.807) is 12.1 Å². The van der Waals surface area contributed by atoms with Gasteiger partial charge in [-0.05, 0) is 51.5 Å². The lowest BCUT2D eigenvalue weighted by molar-refractivity contribution is 0.0976. The summed E-state index contributed by atoms with van der Waals surface area (Å²) < 4.78 is 16.9. The van der Waals surface area contributed by atoms with Gasteiger partial charge in [0, 0.05) is 5.56 Å². The molecule has 0 aliphatic carbocycles. The zero-order chi connectivity index (χ0) is 20.5. The second kappa shape index (κ2) is 10.8. The van der Waals surface area contributed by atoms with Gasteiger partial charge >= 0.3 is 0 Å². The van der Waals surface area contributed by atoms with Gasteiger partial charge in [-0.1, -0.05) is 18.3 Å². The van der Waals surface area contributed by atoms with E-state index in [2.05, 4.69) is 20.8 Å². The van der Waals surface area contributed by atoms with Crippen molar-refractivity contribution in [2.75, 3.05) is 25.1 Å². The largest absolute Gasteiger partial charge is 0.490 e. The van der Waals surface area contributed by atoms with E-state index >= 15 is 0 Å². The number of anilines is 1. The minimum Gasteiger partial charge on any atom is -0.490 e. The van der Waals surface area contributed by atoms with Crippen LogP contribution in [0.15, 0.2) is 12.1 Å². The molecule has 0 aliphatic rings. The molecular weight excluding hydrogens is 400 g/mol. The minimum atomic E-state index is -0.400. The van der Waals surface area contributed by atoms with Gasteiger partial charge in [0.15, 0.2) is 16.6 Å². The summed E-state index contributed by atoms with van der Waals surface area (Å²) in [6, 6.07) is 3.21. The van der Waals surface area contributed by atoms with Crippen LogP contribution in [-0.2, 0) is 6.42 Å². The van der Waals surface area contributed by atoms with E-state index in [4.69, 9.17) is 26.4 Å². The molecule has 2 aromatic rings. The van der Waals surface area contributed by atoms with Crippen LogP contribution in [0.25, 0.3) is 0 Å². The second-order valence-electron chi connectivity index (χ2n) is 5.36. The third-order valence-electron chi connectivity index (χ3n) is 3.39. The van der Waals surface area contributed by atoms with E-state index in [1.807, 2.05) is 27.7 Å². The Balaban J connectivity index is 2.19. The number of nitrogens with one attached hydrogen (secondary N) is 2. The number of benzene rings is 1. The van der Waals surface area contributed by atoms with Gasteiger partial charge in [-0.2, -0.15) is 0 Å². The summed E-state index contributed by atoms with van der Waals surface area (Å²) in [5, 5.41) is 15.0. The summed E-state index contributed by atoms with van der Waals surface area (Å²) in [7, 11) is 0. The molecule has 0 fully saturated rings. The van der Waals surface area contributed by atoms with Crippen molar-refractivity contribution >= 4 is 39.7 Å². The van der Waals surface area contributed by atoms with Crippen molar-refractivity contribution in [3.63, 3.8) is 0 Å². The van der Waals surface area contributed by atoms with Gasteiger partial charge in [0.2, 0.25) is 10.9 Å². The highest BCUT2D eigenvalue weighted by Crippen LogP contribution is 2.39. The molecule has 0 aliphatic heterocycles. The zero-order valence-electron chi connectivity index (χ0n) is 16.3. The Morgan fingerprint density at radius 1 is 1.04 bits per heavy atom. The van der Waals surface area contributed by atoms with Crippen LogP contribution in [0, 0.1) is 0 Å². The summed E-state index contributed by atoms with van der Waals surface area (Å²) in [6.45, 7) is 8.86. The predicted octanol–water partition coefficient (Wildman–Crippen LogP) is 3.42. The third-order valence-corrected chi connectivity index (χ3v) is 4.58. The number of aromatic nitrogens is 2. The van der Waals surface area contributed by atoms with E-state index in [9.17, 15) is 4.79 Å². The highest BCUT2D eigenvalue weighted by Gasteiger charge is 2.19. The van der Waals surface area contributed by atoms with Crippen LogP contribution in [0.2, 0.25) is 0 Å². The van der Waals surface area contributed by atoms with Crippen LogP contribution in [-0.4, -0.2) is 41.0 Å². The van der Waals surface area contributed by atoms with Gasteiger partial charge < -0.3 is 19.5 Å². The van der Waals surface area contributed by atoms with Crippen molar-refractivity contribution in [2.24, 2.45) is 0 Å². The van der Waals surface area contributed by atoms with Crippen molar-refractivity contribution in [3.8, 4) is 17.2 Å². The lowest BCUT2D eigenvalue weighted by Crippen LogP contribution is -2.34. The predicted molar refractivity (Wildman–Crippen MR) is 113 cm³/mol. The number of hydrogen-bond acceptors (Lipinski definition) is 8. The normalized spacial score (nSPS) is 10.3. The molecule has 0 unspecified atom stereocenters. The number of aryl methyl sites for hydroxylation is 1. The number of thiocarbonyl (C=S) groups is 1. The van der Waals surface area contributed by atoms with E-state index < -0.39 is 5.91 Å². The van der Waals surface area contributed by atoms with Gasteiger partial charge in [0.05, 0.1) is 19.8 Å². The van der Waals surface area contributed by atoms with Crippen molar-refractivity contribution in [2.45, 2.75) is 34.1 Å². The zero-order valence-corrected chi connectivity index (χ0v) is 18.0. The van der Waals surface area contributed by atoms with Gasteiger partial charge in [-0.15, -0.1) is 10.2 Å². The molecule has 28 heavy (non-hydrogen) atoms. The van der Waals surface area contributed by atoms with Crippen LogP contribution in [0.1, 0.15) is 43.1 Å². The Morgan fingerprint density at radius 3 is 2.14 bits per heavy atom. The molecule has 152 valence electrons. The van der Waals surface area contributed by atoms with Gasteiger partial charge in [0.25, 0.3) is 5.91 Å². The lowest BCUT2D eigenvalue weighted by atomic mass is 10.1. The number of ether oxygens (including phenoxy) is 3. The fraction of sp³-hybridized carbons (Fsp3) is 0.444. The van der Waals surface area contributed by atoms with E-state index in [-0.39, 0.29) is 5.11 Å². The average molecular weight is 425 g/mol. The fourth-order valence-electron chi connectivity index (χ4n) is 2.27. The van der Waals surface area contributed by atoms with Crippen LogP contribution < -0.4 is 24.8 Å². The molecule has 8 nitrogen and oxygen atoms in total. The highest BCUT2D eigenvalue weighted by atomic mass is 32.1. The molecule has 0 bridgehead atoms. The molecule has 1 amide bonds. The van der Waals surface area contributed by atoms with Gasteiger partial charge in [-0.25, -0.2) is 0 Å². The first-order chi connectivity index (χ1) is 13.5. The summed E-state index contributed by atoms with van der Waals surface area (Å²) in [4.78, 5) is 12.7. The molecule has 1 aromatic heterocycles. The molecule has 2 N–H and O–H groups in total. The van der Waals surface area contributed by atoms with Crippen molar-refractivity contribution in [1.82, 2.24) is 15.5 Å². The van der Waals surface area contributed by atoms with Crippen LogP contribution in [0.5, 0.6) is 17.2 Å². The summed E-state index contributed by atoms with van der Waals surface area (Å²) in [5.74, 6) is 0.958. The van der Waals surface area contributed by atoms with Crippen LogP contribution >= 0.6 is 23.6 Å². The fourth-order valence-corrected chi connectivity index (χ4v) is 3.21. The van der Waals surface area contributed by atoms with E-state index in [0.29, 0.717) is 47.8 Å². The maximum absolute atomic E-state index is 12.7. The molecule has 2 rings (SSSR count). The monoisotopic (exact) mass is 424 g/mol. The number of amides is 1. The number of carbonyl (C=O) groups excluding carboxylic acids is 1. The maximum Gasteiger partial charge on any atom is 0.257 e. The molecule has 0 atom stereocenters. The minimum absolute atomic E-state index is 0.133. The molecule has 0 spiro atoms. The van der Waals surface area contributed by atoms with Crippen molar-refractivity contribution < 1.29 is 19.0 Å². The van der Waals surface area contributed by atoms with Crippen molar-refractivity contribution in [3.05, 3.63) is 22.7 Å². The Bertz CT molecular complexity index is 799. The molecular formula is C18H24N4O4S2. The standard InChI is InChI=1S/C18H24N4O4S2/c1-5-14-21-22-18(28-14)20-17(27)19-16(23)11-9-12(24-6-2)15(26-8-4)13(10-11)25-7-3/h9-10H,5-8H2,1-4H3,(H2,19,20,22,23,27). The SMILES string of the molecule is CCOc1cc(C(=O)NC(=S)Nc2nnc(CC)s2)cc(OCC)c1OCC. The number of nitrogens with zero attached hydrogens (tertiary/aromatic N) is 2. The smallest absolute Gasteiger partial charge is 0.257 e. The molecule has 0 radical (unpaired) electrons. The number of rotatable bonds is 9. The highest BCUT2D eigenvalue weighted by molar-refractivity contribution is 7.80. The quantitative estimate of drug-likeness (QED) is 0.591. The molecule has 1 heterocycles. The maximum atomic E-state index is 12.7. The summed E-state index contributed by atoms with van der Waals surface area (Å²) in [6.07, 6.45) is 0.783. The average Bonchev–Trinajstić information content (AvgIpc) is 3.11. The molecule has 1 aromatic carbocycles. The second-order valence-corrected chi connectivity index (χ2v) is 6.83. The third kappa shape index (κ3) is 5.77. The van der Waals surface area contributed by atoms with Crippen LogP contribution in [0.3, 0.4) is 0 Å². The number of hydrogen-bond donors (Lipinski definition) is 2. The van der Waals surface area contributed by atoms with E-state index in [1.165, 1.54) is 11.3 Å². The first kappa shape index (κ1) is 21.8. The lowest BCUT2D eigenvalue weighted by Gasteiger charge is -2.17. The molecule has 0 saturated heterocycles. The topological polar surface area (TPSA) is 94.6 Å². The Hall–Kier alpha value is -2.46. The summed E-state index contributed by atoms with van der Waals surface area (Å²) >= 11 is 6.58. The Labute approximate surface area is 173 Å². The van der Waals surface area contributed by atoms with Crippen LogP contribution in [0.4, 0.5) is 5.13 Å². The first-order valence-corrected chi connectivity index (χ1v) is 10.3. The van der Waals surface area contributed by atoms with Crippen molar-refractivity contribution in [1.29, 1.82) is 0 Å². The van der Waals surface area contributed by atoms with E-state index in [0.717, 1.165) is 11.4 Å². The number of carbonyl (C=O) groups is 1. The summed E-state index contributed by atoms with van der Waals surface area (Å²) in [5.41, 5.74) is 0.339. The van der Waals surface area contributed by atoms with Gasteiger partial charge in [-0.3, -0.25) is 10.1 Å².